The molecule has 1 rings (SSSR count). The molecule has 1 aromatic rings. The zero-order valence-corrected chi connectivity index (χ0v) is 13.3. The van der Waals surface area contributed by atoms with E-state index in [1.165, 1.54) is 6.07 Å². The summed E-state index contributed by atoms with van der Waals surface area (Å²) in [6.07, 6.45) is 1.13. The molecule has 1 unspecified atom stereocenters. The molecule has 0 saturated carbocycles. The molecule has 1 amide bonds. The molecule has 20 heavy (non-hydrogen) atoms. The van der Waals surface area contributed by atoms with Crippen LogP contribution in [-0.2, 0) is 21.2 Å². The van der Waals surface area contributed by atoms with Crippen LogP contribution >= 0.6 is 11.6 Å². The van der Waals surface area contributed by atoms with E-state index in [0.717, 1.165) is 6.26 Å². The van der Waals surface area contributed by atoms with Crippen LogP contribution in [0.5, 0.6) is 0 Å². The maximum Gasteiger partial charge on any atom is 0.236 e. The summed E-state index contributed by atoms with van der Waals surface area (Å²) in [6, 6.07) is 4.30. The van der Waals surface area contributed by atoms with Gasteiger partial charge in [0.1, 0.15) is 0 Å². The predicted molar refractivity (Wildman–Crippen MR) is 79.5 cm³/mol. The van der Waals surface area contributed by atoms with Gasteiger partial charge in [0, 0.05) is 29.9 Å². The molecule has 1 atom stereocenters. The van der Waals surface area contributed by atoms with Crippen LogP contribution < -0.4 is 10.6 Å². The van der Waals surface area contributed by atoms with Gasteiger partial charge in [-0.25, -0.2) is 8.42 Å². The highest BCUT2D eigenvalue weighted by atomic mass is 35.5. The Morgan fingerprint density at radius 1 is 1.40 bits per heavy atom. The van der Waals surface area contributed by atoms with E-state index < -0.39 is 15.9 Å². The molecule has 112 valence electrons. The molecule has 0 spiro atoms. The predicted octanol–water partition coefficient (Wildman–Crippen LogP) is 1.36. The van der Waals surface area contributed by atoms with Gasteiger partial charge in [0.05, 0.1) is 10.9 Å². The van der Waals surface area contributed by atoms with Crippen LogP contribution in [0.2, 0.25) is 5.02 Å². The van der Waals surface area contributed by atoms with Crippen molar-refractivity contribution in [2.45, 2.75) is 31.3 Å². The smallest absolute Gasteiger partial charge is 0.236 e. The van der Waals surface area contributed by atoms with Gasteiger partial charge in [0.25, 0.3) is 0 Å². The molecular formula is C13H19ClN2O3S. The highest BCUT2D eigenvalue weighted by Gasteiger charge is 2.17. The van der Waals surface area contributed by atoms with Gasteiger partial charge in [-0.1, -0.05) is 17.7 Å². The van der Waals surface area contributed by atoms with Gasteiger partial charge in [-0.3, -0.25) is 4.79 Å². The summed E-state index contributed by atoms with van der Waals surface area (Å²) in [7, 11) is -3.36. The second-order valence-corrected chi connectivity index (χ2v) is 6.88. The Morgan fingerprint density at radius 3 is 2.60 bits per heavy atom. The van der Waals surface area contributed by atoms with E-state index in [4.69, 9.17) is 11.6 Å². The third kappa shape index (κ3) is 4.47. The summed E-state index contributed by atoms with van der Waals surface area (Å²) in [5.74, 6) is -0.138. The van der Waals surface area contributed by atoms with Crippen LogP contribution in [0, 0.1) is 0 Å². The molecule has 0 bridgehead atoms. The van der Waals surface area contributed by atoms with Gasteiger partial charge in [0.2, 0.25) is 5.91 Å². The largest absolute Gasteiger partial charge is 0.355 e. The molecule has 5 nitrogen and oxygen atoms in total. The Labute approximate surface area is 124 Å². The van der Waals surface area contributed by atoms with Gasteiger partial charge >= 0.3 is 0 Å². The Kier molecular flexibility index (Phi) is 5.98. The van der Waals surface area contributed by atoms with Crippen molar-refractivity contribution in [2.24, 2.45) is 0 Å². The number of hydrogen-bond acceptors (Lipinski definition) is 4. The highest BCUT2D eigenvalue weighted by Crippen LogP contribution is 2.23. The maximum absolute atomic E-state index is 11.7. The Morgan fingerprint density at radius 2 is 2.05 bits per heavy atom. The van der Waals surface area contributed by atoms with E-state index in [9.17, 15) is 13.2 Å². The quantitative estimate of drug-likeness (QED) is 0.830. The number of hydrogen-bond donors (Lipinski definition) is 2. The minimum absolute atomic E-state index is 0.138. The maximum atomic E-state index is 11.7. The van der Waals surface area contributed by atoms with Crippen molar-refractivity contribution in [1.82, 2.24) is 10.6 Å². The zero-order valence-electron chi connectivity index (χ0n) is 11.7. The first-order valence-electron chi connectivity index (χ1n) is 6.26. The number of carbonyl (C=O) groups excluding carboxylic acids is 1. The highest BCUT2D eigenvalue weighted by molar-refractivity contribution is 7.90. The standard InChI is InChI=1S/C13H19ClN2O3S/c1-4-15-13(17)9(2)16-8-10-11(14)6-5-7-12(10)20(3,18)19/h5-7,9,16H,4,8H2,1-3H3,(H,15,17). The van der Waals surface area contributed by atoms with Crippen molar-refractivity contribution in [3.05, 3.63) is 28.8 Å². The molecule has 0 aromatic heterocycles. The average Bonchev–Trinajstić information content (AvgIpc) is 2.35. The van der Waals surface area contributed by atoms with Crippen molar-refractivity contribution >= 4 is 27.3 Å². The van der Waals surface area contributed by atoms with Crippen LogP contribution in [0.3, 0.4) is 0 Å². The fourth-order valence-electron chi connectivity index (χ4n) is 1.73. The van der Waals surface area contributed by atoms with Crippen LogP contribution in [0.1, 0.15) is 19.4 Å². The van der Waals surface area contributed by atoms with Crippen molar-refractivity contribution in [3.8, 4) is 0 Å². The number of halogens is 1. The van der Waals surface area contributed by atoms with Gasteiger partial charge < -0.3 is 10.6 Å². The second kappa shape index (κ2) is 7.06. The molecule has 0 aliphatic carbocycles. The Bertz CT molecular complexity index is 587. The van der Waals surface area contributed by atoms with E-state index in [1.54, 1.807) is 19.1 Å². The minimum Gasteiger partial charge on any atom is -0.355 e. The first-order chi connectivity index (χ1) is 9.27. The fraction of sp³-hybridized carbons (Fsp3) is 0.462. The van der Waals surface area contributed by atoms with E-state index in [-0.39, 0.29) is 17.3 Å². The van der Waals surface area contributed by atoms with Crippen molar-refractivity contribution in [1.29, 1.82) is 0 Å². The van der Waals surface area contributed by atoms with E-state index in [0.29, 0.717) is 17.1 Å². The third-order valence-corrected chi connectivity index (χ3v) is 4.34. The second-order valence-electron chi connectivity index (χ2n) is 4.49. The van der Waals surface area contributed by atoms with E-state index in [2.05, 4.69) is 10.6 Å². The lowest BCUT2D eigenvalue weighted by molar-refractivity contribution is -0.122. The molecule has 0 fully saturated rings. The molecule has 1 aromatic carbocycles. The number of rotatable bonds is 6. The number of amides is 1. The van der Waals surface area contributed by atoms with E-state index in [1.807, 2.05) is 6.92 Å². The lowest BCUT2D eigenvalue weighted by Crippen LogP contribution is -2.41. The van der Waals surface area contributed by atoms with E-state index >= 15 is 0 Å². The fourth-order valence-corrected chi connectivity index (χ4v) is 2.99. The topological polar surface area (TPSA) is 75.3 Å². The molecule has 0 heterocycles. The first kappa shape index (κ1) is 16.9. The summed E-state index contributed by atoms with van der Waals surface area (Å²) >= 11 is 6.05. The van der Waals surface area contributed by atoms with Crippen LogP contribution in [0.15, 0.2) is 23.1 Å². The lowest BCUT2D eigenvalue weighted by Gasteiger charge is -2.15. The van der Waals surface area contributed by atoms with Crippen molar-refractivity contribution in [2.75, 3.05) is 12.8 Å². The van der Waals surface area contributed by atoms with Crippen LogP contribution in [0.25, 0.3) is 0 Å². The van der Waals surface area contributed by atoms with Crippen LogP contribution in [0.4, 0.5) is 0 Å². The van der Waals surface area contributed by atoms with Gasteiger partial charge in [-0.15, -0.1) is 0 Å². The van der Waals surface area contributed by atoms with Gasteiger partial charge in [0.15, 0.2) is 9.84 Å². The van der Waals surface area contributed by atoms with Gasteiger partial charge in [-0.05, 0) is 26.0 Å². The summed E-state index contributed by atoms with van der Waals surface area (Å²) in [5.41, 5.74) is 0.479. The molecule has 0 saturated heterocycles. The molecule has 2 N–H and O–H groups in total. The average molecular weight is 319 g/mol. The summed E-state index contributed by atoms with van der Waals surface area (Å²) in [4.78, 5) is 11.8. The summed E-state index contributed by atoms with van der Waals surface area (Å²) < 4.78 is 23.4. The molecule has 7 heteroatoms. The Hall–Kier alpha value is -1.11. The van der Waals surface area contributed by atoms with Crippen LogP contribution in [-0.4, -0.2) is 33.2 Å². The number of benzene rings is 1. The number of sulfone groups is 1. The SMILES string of the molecule is CCNC(=O)C(C)NCc1c(Cl)cccc1S(C)(=O)=O. The molecule has 0 radical (unpaired) electrons. The monoisotopic (exact) mass is 318 g/mol. The molecule has 0 aliphatic heterocycles. The number of carbonyl (C=O) groups is 1. The third-order valence-electron chi connectivity index (χ3n) is 2.80. The Balaban J connectivity index is 2.91. The lowest BCUT2D eigenvalue weighted by atomic mass is 10.2. The number of likely N-dealkylation sites (N-methyl/N-ethyl adjacent to an activating group) is 1. The minimum atomic E-state index is -3.36. The van der Waals surface area contributed by atoms with Crippen molar-refractivity contribution < 1.29 is 13.2 Å². The normalized spacial score (nSPS) is 13.0. The summed E-state index contributed by atoms with van der Waals surface area (Å²) in [6.45, 7) is 4.30. The zero-order chi connectivity index (χ0) is 15.3. The summed E-state index contributed by atoms with van der Waals surface area (Å²) in [5, 5.41) is 6.03. The van der Waals surface area contributed by atoms with Gasteiger partial charge in [-0.2, -0.15) is 0 Å². The number of nitrogens with one attached hydrogen (secondary N) is 2. The molecular weight excluding hydrogens is 300 g/mol. The van der Waals surface area contributed by atoms with Crippen molar-refractivity contribution in [3.63, 3.8) is 0 Å². The molecule has 0 aliphatic rings. The first-order valence-corrected chi connectivity index (χ1v) is 8.52.